The van der Waals surface area contributed by atoms with Gasteiger partial charge in [0.05, 0.1) is 16.5 Å². The zero-order valence-corrected chi connectivity index (χ0v) is 18.3. The summed E-state index contributed by atoms with van der Waals surface area (Å²) in [6.45, 7) is 1.68. The van der Waals surface area contributed by atoms with E-state index in [1.807, 2.05) is 0 Å². The molecule has 0 bridgehead atoms. The largest absolute Gasteiger partial charge is 0.352 e. The second kappa shape index (κ2) is 10.3. The lowest BCUT2D eigenvalue weighted by atomic mass is 10.1. The molecule has 7 heteroatoms. The van der Waals surface area contributed by atoms with Gasteiger partial charge < -0.3 is 10.2 Å². The average molecular weight is 451 g/mol. The normalized spacial score (nSPS) is 15.1. The van der Waals surface area contributed by atoms with Crippen LogP contribution in [0.4, 0.5) is 4.39 Å². The predicted octanol–water partition coefficient (Wildman–Crippen LogP) is 5.15. The summed E-state index contributed by atoms with van der Waals surface area (Å²) in [5, 5.41) is 3.79. The van der Waals surface area contributed by atoms with Crippen molar-refractivity contribution in [1.82, 2.24) is 10.2 Å². The van der Waals surface area contributed by atoms with Crippen LogP contribution in [0.2, 0.25) is 10.0 Å². The third-order valence-electron chi connectivity index (χ3n) is 5.51. The van der Waals surface area contributed by atoms with Crippen molar-refractivity contribution >= 4 is 35.0 Å². The highest BCUT2D eigenvalue weighted by atomic mass is 35.5. The van der Waals surface area contributed by atoms with Crippen molar-refractivity contribution in [2.24, 2.45) is 0 Å². The predicted molar refractivity (Wildman–Crippen MR) is 117 cm³/mol. The number of hydrogen-bond acceptors (Lipinski definition) is 2. The van der Waals surface area contributed by atoms with Crippen molar-refractivity contribution in [1.29, 1.82) is 0 Å². The van der Waals surface area contributed by atoms with Crippen molar-refractivity contribution in [3.63, 3.8) is 0 Å². The quantitative estimate of drug-likeness (QED) is 0.633. The fourth-order valence-electron chi connectivity index (χ4n) is 3.71. The highest BCUT2D eigenvalue weighted by Crippen LogP contribution is 2.24. The number of halogens is 3. The van der Waals surface area contributed by atoms with Crippen LogP contribution in [0.3, 0.4) is 0 Å². The minimum atomic E-state index is -0.736. The molecular formula is C23H25Cl2FN2O2. The molecule has 1 saturated carbocycles. The van der Waals surface area contributed by atoms with Crippen molar-refractivity contribution < 1.29 is 14.0 Å². The molecule has 1 unspecified atom stereocenters. The Morgan fingerprint density at radius 1 is 1.13 bits per heavy atom. The molecule has 0 aromatic heterocycles. The van der Waals surface area contributed by atoms with Gasteiger partial charge in [-0.15, -0.1) is 0 Å². The Labute approximate surface area is 186 Å². The molecule has 2 amide bonds. The Kier molecular flexibility index (Phi) is 7.73. The number of benzene rings is 2. The summed E-state index contributed by atoms with van der Waals surface area (Å²) in [6.07, 6.45) is 4.11. The fraction of sp³-hybridized carbons (Fsp3) is 0.391. The molecule has 3 rings (SSSR count). The monoisotopic (exact) mass is 450 g/mol. The Hall–Kier alpha value is -2.11. The SMILES string of the molecule is CC(C(=O)NC1CCCC1)N(Cc1ccccc1F)C(=O)Cc1ccc(Cl)c(Cl)c1. The zero-order valence-electron chi connectivity index (χ0n) is 16.8. The van der Waals surface area contributed by atoms with Gasteiger partial charge in [-0.2, -0.15) is 0 Å². The van der Waals surface area contributed by atoms with Crippen LogP contribution in [0.25, 0.3) is 0 Å². The molecule has 0 aliphatic heterocycles. The van der Waals surface area contributed by atoms with Gasteiger partial charge in [0, 0.05) is 18.2 Å². The standard InChI is InChI=1S/C23H25Cl2FN2O2/c1-15(23(30)27-18-7-3-4-8-18)28(14-17-6-2-5-9-21(17)26)22(29)13-16-10-11-19(24)20(25)12-16/h2,5-6,9-12,15,18H,3-4,7-8,13-14H2,1H3,(H,27,30). The number of amides is 2. The van der Waals surface area contributed by atoms with Gasteiger partial charge in [-0.1, -0.05) is 60.3 Å². The number of carbonyl (C=O) groups is 2. The summed E-state index contributed by atoms with van der Waals surface area (Å²) in [5.41, 5.74) is 1.04. The first-order chi connectivity index (χ1) is 14.3. The molecule has 0 saturated heterocycles. The van der Waals surface area contributed by atoms with Crippen LogP contribution in [0.15, 0.2) is 42.5 Å². The van der Waals surface area contributed by atoms with Gasteiger partial charge in [-0.05, 0) is 43.5 Å². The molecule has 0 heterocycles. The lowest BCUT2D eigenvalue weighted by Crippen LogP contribution is -2.50. The molecule has 0 radical (unpaired) electrons. The lowest BCUT2D eigenvalue weighted by Gasteiger charge is -2.30. The van der Waals surface area contributed by atoms with Gasteiger partial charge in [0.1, 0.15) is 11.9 Å². The van der Waals surface area contributed by atoms with Crippen LogP contribution in [0.1, 0.15) is 43.7 Å². The van der Waals surface area contributed by atoms with E-state index in [0.717, 1.165) is 25.7 Å². The van der Waals surface area contributed by atoms with E-state index in [4.69, 9.17) is 23.2 Å². The van der Waals surface area contributed by atoms with E-state index in [9.17, 15) is 14.0 Å². The number of carbonyl (C=O) groups excluding carboxylic acids is 2. The van der Waals surface area contributed by atoms with E-state index in [1.165, 1.54) is 11.0 Å². The van der Waals surface area contributed by atoms with Crippen LogP contribution >= 0.6 is 23.2 Å². The van der Waals surface area contributed by atoms with Gasteiger partial charge in [-0.25, -0.2) is 4.39 Å². The highest BCUT2D eigenvalue weighted by molar-refractivity contribution is 6.42. The van der Waals surface area contributed by atoms with E-state index >= 15 is 0 Å². The summed E-state index contributed by atoms with van der Waals surface area (Å²) in [6, 6.07) is 10.7. The topological polar surface area (TPSA) is 49.4 Å². The highest BCUT2D eigenvalue weighted by Gasteiger charge is 2.29. The Balaban J connectivity index is 1.79. The molecule has 1 atom stereocenters. The number of rotatable bonds is 7. The van der Waals surface area contributed by atoms with Crippen LogP contribution in [0, 0.1) is 5.82 Å². The smallest absolute Gasteiger partial charge is 0.242 e. The van der Waals surface area contributed by atoms with E-state index < -0.39 is 11.9 Å². The Morgan fingerprint density at radius 2 is 1.83 bits per heavy atom. The van der Waals surface area contributed by atoms with E-state index in [2.05, 4.69) is 5.32 Å². The van der Waals surface area contributed by atoms with Crippen LogP contribution in [-0.2, 0) is 22.6 Å². The lowest BCUT2D eigenvalue weighted by molar-refractivity contribution is -0.140. The molecule has 2 aromatic carbocycles. The molecule has 4 nitrogen and oxygen atoms in total. The number of hydrogen-bond donors (Lipinski definition) is 1. The summed E-state index contributed by atoms with van der Waals surface area (Å²) in [4.78, 5) is 27.4. The van der Waals surface area contributed by atoms with Crippen LogP contribution in [-0.4, -0.2) is 28.8 Å². The molecule has 160 valence electrons. The summed E-state index contributed by atoms with van der Waals surface area (Å²) in [7, 11) is 0. The summed E-state index contributed by atoms with van der Waals surface area (Å²) >= 11 is 12.0. The van der Waals surface area contributed by atoms with E-state index in [1.54, 1.807) is 43.3 Å². The van der Waals surface area contributed by atoms with Gasteiger partial charge in [0.15, 0.2) is 0 Å². The van der Waals surface area contributed by atoms with Crippen LogP contribution < -0.4 is 5.32 Å². The second-order valence-electron chi connectivity index (χ2n) is 7.70. The first-order valence-electron chi connectivity index (χ1n) is 10.1. The van der Waals surface area contributed by atoms with Crippen molar-refractivity contribution in [2.45, 2.75) is 57.7 Å². The van der Waals surface area contributed by atoms with E-state index in [-0.39, 0.29) is 30.8 Å². The maximum atomic E-state index is 14.3. The minimum Gasteiger partial charge on any atom is -0.352 e. The molecule has 1 aliphatic rings. The molecular weight excluding hydrogens is 426 g/mol. The second-order valence-corrected chi connectivity index (χ2v) is 8.52. The zero-order chi connectivity index (χ0) is 21.7. The summed E-state index contributed by atoms with van der Waals surface area (Å²) in [5.74, 6) is -0.917. The van der Waals surface area contributed by atoms with Gasteiger partial charge in [-0.3, -0.25) is 9.59 Å². The maximum absolute atomic E-state index is 14.3. The molecule has 1 aliphatic carbocycles. The van der Waals surface area contributed by atoms with Crippen LogP contribution in [0.5, 0.6) is 0 Å². The number of nitrogens with one attached hydrogen (secondary N) is 1. The first kappa shape index (κ1) is 22.6. The minimum absolute atomic E-state index is 0.00603. The molecule has 2 aromatic rings. The van der Waals surface area contributed by atoms with Crippen molar-refractivity contribution in [3.8, 4) is 0 Å². The van der Waals surface area contributed by atoms with Gasteiger partial charge in [0.25, 0.3) is 0 Å². The molecule has 1 N–H and O–H groups in total. The maximum Gasteiger partial charge on any atom is 0.242 e. The number of nitrogens with zero attached hydrogens (tertiary/aromatic N) is 1. The third kappa shape index (κ3) is 5.73. The molecule has 30 heavy (non-hydrogen) atoms. The third-order valence-corrected chi connectivity index (χ3v) is 6.25. The van der Waals surface area contributed by atoms with Crippen molar-refractivity contribution in [2.75, 3.05) is 0 Å². The first-order valence-corrected chi connectivity index (χ1v) is 10.9. The van der Waals surface area contributed by atoms with Crippen molar-refractivity contribution in [3.05, 3.63) is 69.5 Å². The average Bonchev–Trinajstić information content (AvgIpc) is 3.22. The summed E-state index contributed by atoms with van der Waals surface area (Å²) < 4.78 is 14.3. The Bertz CT molecular complexity index is 916. The molecule has 1 fully saturated rings. The molecule has 0 spiro atoms. The van der Waals surface area contributed by atoms with Gasteiger partial charge >= 0.3 is 0 Å². The van der Waals surface area contributed by atoms with E-state index in [0.29, 0.717) is 21.2 Å². The Morgan fingerprint density at radius 3 is 2.50 bits per heavy atom. The van der Waals surface area contributed by atoms with Gasteiger partial charge in [0.2, 0.25) is 11.8 Å². The fourth-order valence-corrected chi connectivity index (χ4v) is 4.03.